The molecule has 11 aromatic carbocycles. The Kier molecular flexibility index (Phi) is 10.2. The van der Waals surface area contributed by atoms with Crippen molar-refractivity contribution in [2.24, 2.45) is 0 Å². The molecule has 0 unspecified atom stereocenters. The average molecular weight is 925 g/mol. The van der Waals surface area contributed by atoms with Crippen molar-refractivity contribution in [2.75, 3.05) is 4.90 Å². The maximum Gasteiger partial charge on any atom is 0.179 e. The maximum absolute atomic E-state index is 3.05. The van der Waals surface area contributed by atoms with Crippen LogP contribution in [0.5, 0.6) is 0 Å². The molecule has 1 aliphatic heterocycles. The topological polar surface area (TPSA) is 8.17 Å². The summed E-state index contributed by atoms with van der Waals surface area (Å²) in [6, 6.07) is 109. The van der Waals surface area contributed by atoms with Gasteiger partial charge in [-0.3, -0.25) is 0 Å². The minimum Gasteiger partial charge on any atom is -0.310 e. The van der Waals surface area contributed by atoms with Gasteiger partial charge >= 0.3 is 0 Å². The summed E-state index contributed by atoms with van der Waals surface area (Å²) >= 11 is 0. The Morgan fingerprint density at radius 1 is 0.257 bits per heavy atom. The summed E-state index contributed by atoms with van der Waals surface area (Å²) in [5.41, 5.74) is 9.24. The third-order valence-corrected chi connectivity index (χ3v) is 25.0. The Labute approximate surface area is 411 Å². The molecule has 0 saturated heterocycles. The van der Waals surface area contributed by atoms with E-state index in [9.17, 15) is 0 Å². The molecular formula is C66H48N2Si2. The highest BCUT2D eigenvalue weighted by molar-refractivity contribution is 7.32. The Morgan fingerprint density at radius 2 is 0.643 bits per heavy atom. The van der Waals surface area contributed by atoms with Gasteiger partial charge in [-0.2, -0.15) is 0 Å². The van der Waals surface area contributed by atoms with Crippen LogP contribution in [-0.2, 0) is 0 Å². The first kappa shape index (κ1) is 41.6. The van der Waals surface area contributed by atoms with Gasteiger partial charge in [-0.25, -0.2) is 0 Å². The predicted octanol–water partition coefficient (Wildman–Crippen LogP) is 11.0. The highest BCUT2D eigenvalue weighted by Crippen LogP contribution is 2.40. The van der Waals surface area contributed by atoms with Crippen LogP contribution in [-0.4, -0.2) is 20.7 Å². The first-order chi connectivity index (χ1) is 34.7. The van der Waals surface area contributed by atoms with Crippen molar-refractivity contribution >= 4 is 96.5 Å². The molecule has 0 atom stereocenters. The Bertz CT molecular complexity index is 3690. The number of rotatable bonds is 9. The van der Waals surface area contributed by atoms with Crippen LogP contribution >= 0.6 is 0 Å². The van der Waals surface area contributed by atoms with Crippen LogP contribution in [0.25, 0.3) is 38.6 Å². The van der Waals surface area contributed by atoms with Gasteiger partial charge in [-0.1, -0.05) is 224 Å². The number of benzene rings is 11. The lowest BCUT2D eigenvalue weighted by Gasteiger charge is -2.48. The maximum atomic E-state index is 2.55. The summed E-state index contributed by atoms with van der Waals surface area (Å²) in [4.78, 5) is 2.37. The summed E-state index contributed by atoms with van der Waals surface area (Å²) < 4.78 is 2.52. The van der Waals surface area contributed by atoms with E-state index in [1.165, 1.54) is 74.4 Å². The Balaban J connectivity index is 1.09. The van der Waals surface area contributed by atoms with Crippen LogP contribution in [0, 0.1) is 0 Å². The van der Waals surface area contributed by atoms with Crippen LogP contribution in [0.15, 0.2) is 291 Å². The molecule has 1 aromatic heterocycles. The molecule has 0 bridgehead atoms. The van der Waals surface area contributed by atoms with E-state index in [4.69, 9.17) is 0 Å². The van der Waals surface area contributed by atoms with Crippen molar-refractivity contribution in [2.45, 2.75) is 0 Å². The second kappa shape index (κ2) is 17.2. The molecule has 2 heterocycles. The van der Waals surface area contributed by atoms with E-state index >= 15 is 0 Å². The van der Waals surface area contributed by atoms with Crippen molar-refractivity contribution in [3.63, 3.8) is 0 Å². The Morgan fingerprint density at radius 3 is 1.13 bits per heavy atom. The molecule has 70 heavy (non-hydrogen) atoms. The lowest BCUT2D eigenvalue weighted by Crippen LogP contribution is -2.93. The van der Waals surface area contributed by atoms with Crippen LogP contribution in [0.3, 0.4) is 0 Å². The zero-order valence-corrected chi connectivity index (χ0v) is 40.6. The molecule has 13 rings (SSSR count). The van der Waals surface area contributed by atoms with Gasteiger partial charge < -0.3 is 9.47 Å². The molecule has 1 aliphatic rings. The first-order valence-electron chi connectivity index (χ1n) is 24.3. The third kappa shape index (κ3) is 6.45. The fourth-order valence-corrected chi connectivity index (χ4v) is 24.0. The van der Waals surface area contributed by atoms with Crippen LogP contribution in [0.4, 0.5) is 17.1 Å². The fraction of sp³-hybridized carbons (Fsp3) is 0. The molecule has 2 nitrogen and oxygen atoms in total. The molecule has 0 fully saturated rings. The van der Waals surface area contributed by atoms with Gasteiger partial charge in [-0.15, -0.1) is 0 Å². The molecule has 12 aromatic rings. The van der Waals surface area contributed by atoms with Crippen LogP contribution < -0.4 is 46.4 Å². The van der Waals surface area contributed by atoms with Gasteiger partial charge in [0.05, 0.1) is 11.0 Å². The van der Waals surface area contributed by atoms with E-state index in [0.29, 0.717) is 0 Å². The standard InChI is InChI=1S/C66H48N2Si2/c1-7-24-49(25-8-1)50-42-44-61-59(46-50)60-48-54(67(51-26-9-2-10-27-51)52-28-11-3-12-29-52)43-45-62(60)68(61)53-30-23-37-58(47-53)70(57-35-17-6-18-36-57)65-40-21-19-38-63(65)69(55-31-13-4-14-32-55,56-33-15-5-16-34-56)64-39-20-22-41-66(64)70/h1-48H. The fourth-order valence-electron chi connectivity index (χ4n) is 11.9. The molecule has 0 N–H and O–H groups in total. The number of fused-ring (bicyclic) bond motifs is 5. The van der Waals surface area contributed by atoms with Crippen molar-refractivity contribution in [1.82, 2.24) is 4.57 Å². The number of para-hydroxylation sites is 2. The van der Waals surface area contributed by atoms with Gasteiger partial charge in [0.2, 0.25) is 0 Å². The molecule has 0 amide bonds. The largest absolute Gasteiger partial charge is 0.310 e. The minimum atomic E-state index is -3.05. The first-order valence-corrected chi connectivity index (χ1v) is 28.3. The summed E-state index contributed by atoms with van der Waals surface area (Å²) in [5.74, 6) is 0. The third-order valence-electron chi connectivity index (χ3n) is 14.8. The van der Waals surface area contributed by atoms with E-state index in [0.717, 1.165) is 22.7 Å². The molecule has 330 valence electrons. The number of nitrogens with zero attached hydrogens (tertiary/aromatic N) is 2. The number of hydrogen-bond donors (Lipinski definition) is 0. The summed E-state index contributed by atoms with van der Waals surface area (Å²) in [7, 11) is -5.89. The van der Waals surface area contributed by atoms with E-state index < -0.39 is 16.1 Å². The SMILES string of the molecule is c1ccc(-c2ccc3c(c2)c2cc(N(c4ccccc4)c4ccccc4)ccc2n3-c2cccc([Si]3(c4ccccc4)c4ccccc4[Si](c4ccccc4)(c4ccccc4)c4ccccc43)c2)cc1. The van der Waals surface area contributed by atoms with Crippen molar-refractivity contribution in [1.29, 1.82) is 0 Å². The normalized spacial score (nSPS) is 13.4. The summed E-state index contributed by atoms with van der Waals surface area (Å²) in [6.07, 6.45) is 0. The highest BCUT2D eigenvalue weighted by Gasteiger charge is 2.56. The second-order valence-electron chi connectivity index (χ2n) is 18.4. The lowest BCUT2D eigenvalue weighted by atomic mass is 10.0. The van der Waals surface area contributed by atoms with E-state index in [2.05, 4.69) is 301 Å². The zero-order valence-electron chi connectivity index (χ0n) is 38.6. The number of anilines is 3. The molecule has 0 aliphatic carbocycles. The summed E-state index contributed by atoms with van der Waals surface area (Å²) in [6.45, 7) is 0. The van der Waals surface area contributed by atoms with Gasteiger partial charge in [-0.05, 0) is 119 Å². The van der Waals surface area contributed by atoms with E-state index in [-0.39, 0.29) is 0 Å². The number of hydrogen-bond acceptors (Lipinski definition) is 1. The van der Waals surface area contributed by atoms with Crippen molar-refractivity contribution in [3.8, 4) is 16.8 Å². The monoisotopic (exact) mass is 924 g/mol. The van der Waals surface area contributed by atoms with Crippen LogP contribution in [0.1, 0.15) is 0 Å². The van der Waals surface area contributed by atoms with Gasteiger partial charge in [0.1, 0.15) is 0 Å². The lowest BCUT2D eigenvalue weighted by molar-refractivity contribution is 1.18. The van der Waals surface area contributed by atoms with Gasteiger partial charge in [0, 0.05) is 33.5 Å². The average Bonchev–Trinajstić information content (AvgIpc) is 3.77. The van der Waals surface area contributed by atoms with Crippen LogP contribution in [0.2, 0.25) is 0 Å². The second-order valence-corrected chi connectivity index (χ2v) is 25.8. The molecule has 0 saturated carbocycles. The van der Waals surface area contributed by atoms with E-state index in [1.54, 1.807) is 0 Å². The van der Waals surface area contributed by atoms with Crippen molar-refractivity contribution in [3.05, 3.63) is 291 Å². The van der Waals surface area contributed by atoms with Gasteiger partial charge in [0.15, 0.2) is 16.1 Å². The quantitative estimate of drug-likeness (QED) is 0.131. The smallest absolute Gasteiger partial charge is 0.179 e. The van der Waals surface area contributed by atoms with E-state index in [1.807, 2.05) is 0 Å². The molecular weight excluding hydrogens is 877 g/mol. The summed E-state index contributed by atoms with van der Waals surface area (Å²) in [5, 5.41) is 13.9. The van der Waals surface area contributed by atoms with Crippen molar-refractivity contribution < 1.29 is 0 Å². The molecule has 0 spiro atoms. The van der Waals surface area contributed by atoms with Gasteiger partial charge in [0.25, 0.3) is 0 Å². The minimum absolute atomic E-state index is 1.11. The molecule has 4 heteroatoms. The Hall–Kier alpha value is -8.55. The highest BCUT2D eigenvalue weighted by atomic mass is 28.3. The number of aromatic nitrogens is 1. The molecule has 0 radical (unpaired) electrons. The zero-order chi connectivity index (χ0) is 46.5. The predicted molar refractivity (Wildman–Crippen MR) is 302 cm³/mol.